The van der Waals surface area contributed by atoms with Gasteiger partial charge in [0.25, 0.3) is 5.56 Å². The highest BCUT2D eigenvalue weighted by Crippen LogP contribution is 2.38. The van der Waals surface area contributed by atoms with Crippen molar-refractivity contribution in [2.75, 3.05) is 32.8 Å². The molecule has 5 rings (SSSR count). The van der Waals surface area contributed by atoms with Gasteiger partial charge >= 0.3 is 0 Å². The Morgan fingerprint density at radius 3 is 2.64 bits per heavy atom. The van der Waals surface area contributed by atoms with Crippen molar-refractivity contribution in [2.45, 2.75) is 32.7 Å². The lowest BCUT2D eigenvalue weighted by atomic mass is 9.82. The molecule has 1 aromatic heterocycles. The number of ether oxygens (including phenoxy) is 2. The molecule has 5 heteroatoms. The molecule has 0 amide bonds. The SMILES string of the molecule is CC(C)CN1C[C@@H]2C[C@H](C1)c1cc(-c3ccc4c(c3)OCCO4)cc(=O)n1C2. The van der Waals surface area contributed by atoms with Crippen LogP contribution in [0.2, 0.25) is 0 Å². The quantitative estimate of drug-likeness (QED) is 0.819. The molecule has 1 aromatic carbocycles. The second-order valence-electron chi connectivity index (χ2n) is 8.89. The van der Waals surface area contributed by atoms with E-state index in [9.17, 15) is 4.79 Å². The van der Waals surface area contributed by atoms with Crippen molar-refractivity contribution < 1.29 is 9.47 Å². The second-order valence-corrected chi connectivity index (χ2v) is 8.89. The average molecular weight is 380 g/mol. The van der Waals surface area contributed by atoms with Gasteiger partial charge in [-0.15, -0.1) is 0 Å². The molecule has 4 heterocycles. The van der Waals surface area contributed by atoms with Gasteiger partial charge in [0.05, 0.1) is 0 Å². The van der Waals surface area contributed by atoms with Crippen LogP contribution in [0.25, 0.3) is 11.1 Å². The van der Waals surface area contributed by atoms with Gasteiger partial charge in [0.2, 0.25) is 0 Å². The van der Waals surface area contributed by atoms with Crippen LogP contribution in [0.1, 0.15) is 31.9 Å². The van der Waals surface area contributed by atoms with Gasteiger partial charge in [0.1, 0.15) is 13.2 Å². The van der Waals surface area contributed by atoms with Crippen LogP contribution in [0.15, 0.2) is 35.1 Å². The summed E-state index contributed by atoms with van der Waals surface area (Å²) >= 11 is 0. The Labute approximate surface area is 165 Å². The first kappa shape index (κ1) is 17.8. The Hall–Kier alpha value is -2.27. The van der Waals surface area contributed by atoms with Crippen molar-refractivity contribution in [3.8, 4) is 22.6 Å². The number of fused-ring (bicyclic) bond motifs is 5. The van der Waals surface area contributed by atoms with E-state index in [0.717, 1.165) is 48.8 Å². The molecule has 0 unspecified atom stereocenters. The fourth-order valence-electron chi connectivity index (χ4n) is 5.11. The predicted octanol–water partition coefficient (Wildman–Crippen LogP) is 3.36. The van der Waals surface area contributed by atoms with Crippen LogP contribution in [-0.4, -0.2) is 42.3 Å². The van der Waals surface area contributed by atoms with Gasteiger partial charge in [0.15, 0.2) is 11.5 Å². The minimum Gasteiger partial charge on any atom is -0.486 e. The Morgan fingerprint density at radius 1 is 1.00 bits per heavy atom. The lowest BCUT2D eigenvalue weighted by molar-refractivity contribution is 0.109. The van der Waals surface area contributed by atoms with E-state index in [2.05, 4.69) is 24.8 Å². The third kappa shape index (κ3) is 3.22. The molecule has 2 atom stereocenters. The highest BCUT2D eigenvalue weighted by Gasteiger charge is 2.35. The number of rotatable bonds is 3. The summed E-state index contributed by atoms with van der Waals surface area (Å²) in [5, 5.41) is 0. The number of hydrogen-bond donors (Lipinski definition) is 0. The number of piperidine rings is 1. The van der Waals surface area contributed by atoms with Crippen molar-refractivity contribution >= 4 is 0 Å². The number of pyridine rings is 1. The molecule has 148 valence electrons. The zero-order valence-electron chi connectivity index (χ0n) is 16.7. The summed E-state index contributed by atoms with van der Waals surface area (Å²) in [6.07, 6.45) is 1.19. The topological polar surface area (TPSA) is 43.7 Å². The number of likely N-dealkylation sites (tertiary alicyclic amines) is 1. The Balaban J connectivity index is 1.50. The van der Waals surface area contributed by atoms with Gasteiger partial charge in [-0.2, -0.15) is 0 Å². The fraction of sp³-hybridized carbons (Fsp3) is 0.522. The summed E-state index contributed by atoms with van der Waals surface area (Å²) in [5.74, 6) is 3.25. The Morgan fingerprint density at radius 2 is 1.82 bits per heavy atom. The van der Waals surface area contributed by atoms with E-state index in [1.54, 1.807) is 6.07 Å². The molecule has 0 N–H and O–H groups in total. The molecule has 5 nitrogen and oxygen atoms in total. The van der Waals surface area contributed by atoms with Gasteiger partial charge in [-0.25, -0.2) is 0 Å². The maximum absolute atomic E-state index is 12.9. The molecule has 3 aliphatic heterocycles. The molecule has 0 aliphatic carbocycles. The van der Waals surface area contributed by atoms with E-state index in [1.807, 2.05) is 22.8 Å². The molecule has 0 saturated carbocycles. The van der Waals surface area contributed by atoms with E-state index in [4.69, 9.17) is 9.47 Å². The van der Waals surface area contributed by atoms with Crippen molar-refractivity contribution in [2.24, 2.45) is 11.8 Å². The summed E-state index contributed by atoms with van der Waals surface area (Å²) in [6.45, 7) is 9.87. The molecule has 3 aliphatic rings. The third-order valence-electron chi connectivity index (χ3n) is 6.13. The highest BCUT2D eigenvalue weighted by molar-refractivity contribution is 5.67. The van der Waals surface area contributed by atoms with Crippen LogP contribution in [0, 0.1) is 11.8 Å². The monoisotopic (exact) mass is 380 g/mol. The zero-order valence-corrected chi connectivity index (χ0v) is 16.7. The maximum Gasteiger partial charge on any atom is 0.251 e. The predicted molar refractivity (Wildman–Crippen MR) is 109 cm³/mol. The van der Waals surface area contributed by atoms with Gasteiger partial charge < -0.3 is 18.9 Å². The summed E-state index contributed by atoms with van der Waals surface area (Å²) in [6, 6.07) is 9.98. The fourth-order valence-corrected chi connectivity index (χ4v) is 5.11. The first-order valence-electron chi connectivity index (χ1n) is 10.4. The molecule has 28 heavy (non-hydrogen) atoms. The summed E-state index contributed by atoms with van der Waals surface area (Å²) in [5.41, 5.74) is 3.31. The molecule has 1 saturated heterocycles. The molecule has 0 radical (unpaired) electrons. The van der Waals surface area contributed by atoms with E-state index >= 15 is 0 Å². The van der Waals surface area contributed by atoms with Crippen LogP contribution in [-0.2, 0) is 6.54 Å². The first-order valence-corrected chi connectivity index (χ1v) is 10.4. The minimum absolute atomic E-state index is 0.120. The number of aromatic nitrogens is 1. The Bertz CT molecular complexity index is 949. The van der Waals surface area contributed by atoms with Gasteiger partial charge in [-0.1, -0.05) is 19.9 Å². The standard InChI is InChI=1S/C23H28N2O3/c1-15(2)11-24-12-16-7-19(14-24)20-8-18(10-23(26)25(20)13-16)17-3-4-21-22(9-17)28-6-5-27-21/h3-4,8-10,15-16,19H,5-7,11-14H2,1-2H3/t16-,19+/m0/s1. The van der Waals surface area contributed by atoms with Crippen LogP contribution in [0.3, 0.4) is 0 Å². The minimum atomic E-state index is 0.120. The van der Waals surface area contributed by atoms with Crippen LogP contribution in [0.5, 0.6) is 11.5 Å². The number of nitrogens with zero attached hydrogens (tertiary/aromatic N) is 2. The van der Waals surface area contributed by atoms with Crippen LogP contribution >= 0.6 is 0 Å². The number of hydrogen-bond acceptors (Lipinski definition) is 4. The Kier molecular flexibility index (Phi) is 4.43. The van der Waals surface area contributed by atoms with Gasteiger partial charge in [0, 0.05) is 43.9 Å². The maximum atomic E-state index is 12.9. The van der Waals surface area contributed by atoms with E-state index in [1.165, 1.54) is 12.1 Å². The summed E-state index contributed by atoms with van der Waals surface area (Å²) < 4.78 is 13.4. The molecule has 1 fully saturated rings. The number of benzene rings is 1. The van der Waals surface area contributed by atoms with Crippen molar-refractivity contribution in [1.29, 1.82) is 0 Å². The van der Waals surface area contributed by atoms with E-state index in [-0.39, 0.29) is 5.56 Å². The zero-order chi connectivity index (χ0) is 19.3. The molecule has 0 spiro atoms. The van der Waals surface area contributed by atoms with Gasteiger partial charge in [-0.05, 0) is 47.6 Å². The van der Waals surface area contributed by atoms with Crippen LogP contribution in [0.4, 0.5) is 0 Å². The van der Waals surface area contributed by atoms with Crippen LogP contribution < -0.4 is 15.0 Å². The second kappa shape index (κ2) is 6.96. The largest absolute Gasteiger partial charge is 0.486 e. The molecular weight excluding hydrogens is 352 g/mol. The van der Waals surface area contributed by atoms with E-state index in [0.29, 0.717) is 31.0 Å². The van der Waals surface area contributed by atoms with Crippen molar-refractivity contribution in [3.05, 3.63) is 46.4 Å². The van der Waals surface area contributed by atoms with Gasteiger partial charge in [-0.3, -0.25) is 4.79 Å². The molecule has 2 aromatic rings. The lowest BCUT2D eigenvalue weighted by Gasteiger charge is -2.43. The molecular formula is C23H28N2O3. The van der Waals surface area contributed by atoms with Crippen molar-refractivity contribution in [3.63, 3.8) is 0 Å². The summed E-state index contributed by atoms with van der Waals surface area (Å²) in [4.78, 5) is 15.5. The smallest absolute Gasteiger partial charge is 0.251 e. The highest BCUT2D eigenvalue weighted by atomic mass is 16.6. The summed E-state index contributed by atoms with van der Waals surface area (Å²) in [7, 11) is 0. The van der Waals surface area contributed by atoms with Crippen molar-refractivity contribution in [1.82, 2.24) is 9.47 Å². The third-order valence-corrected chi connectivity index (χ3v) is 6.13. The molecule has 2 bridgehead atoms. The lowest BCUT2D eigenvalue weighted by Crippen LogP contribution is -2.48. The average Bonchev–Trinajstić information content (AvgIpc) is 2.67. The normalized spacial score (nSPS) is 23.5. The van der Waals surface area contributed by atoms with E-state index < -0.39 is 0 Å². The first-order chi connectivity index (χ1) is 13.6.